The van der Waals surface area contributed by atoms with Gasteiger partial charge in [-0.05, 0) is 30.2 Å². The Hall–Kier alpha value is -1.91. The highest BCUT2D eigenvalue weighted by Crippen LogP contribution is 2.29. The molecule has 0 saturated heterocycles. The zero-order valence-corrected chi connectivity index (χ0v) is 12.3. The van der Waals surface area contributed by atoms with Crippen LogP contribution in [0.2, 0.25) is 0 Å². The summed E-state index contributed by atoms with van der Waals surface area (Å²) < 4.78 is 5.84. The van der Waals surface area contributed by atoms with Crippen molar-refractivity contribution in [1.29, 1.82) is 0 Å². The fourth-order valence-electron chi connectivity index (χ4n) is 2.91. The zero-order chi connectivity index (χ0) is 14.7. The summed E-state index contributed by atoms with van der Waals surface area (Å²) in [6, 6.07) is 10.4. The second-order valence-electron chi connectivity index (χ2n) is 5.41. The number of aromatic nitrogens is 1. The largest absolute Gasteiger partial charge is 0.492 e. The van der Waals surface area contributed by atoms with Gasteiger partial charge in [-0.3, -0.25) is 9.88 Å². The van der Waals surface area contributed by atoms with Crippen molar-refractivity contribution in [2.75, 3.05) is 19.7 Å². The Morgan fingerprint density at radius 3 is 3.00 bits per heavy atom. The van der Waals surface area contributed by atoms with Gasteiger partial charge in [-0.1, -0.05) is 18.2 Å². The molecule has 110 valence electrons. The van der Waals surface area contributed by atoms with Crippen molar-refractivity contribution < 1.29 is 4.74 Å². The molecule has 0 fully saturated rings. The lowest BCUT2D eigenvalue weighted by Crippen LogP contribution is -2.35. The summed E-state index contributed by atoms with van der Waals surface area (Å²) >= 11 is 0. The third-order valence-corrected chi connectivity index (χ3v) is 4.08. The first-order valence-electron chi connectivity index (χ1n) is 7.35. The van der Waals surface area contributed by atoms with Crippen molar-refractivity contribution in [2.24, 2.45) is 5.73 Å². The van der Waals surface area contributed by atoms with Gasteiger partial charge in [0.1, 0.15) is 12.4 Å². The normalized spacial score (nSPS) is 16.7. The Bertz CT molecular complexity index is 614. The van der Waals surface area contributed by atoms with E-state index in [2.05, 4.69) is 28.9 Å². The molecule has 0 spiro atoms. The highest BCUT2D eigenvalue weighted by Gasteiger charge is 2.24. The van der Waals surface area contributed by atoms with Crippen molar-refractivity contribution in [3.8, 4) is 5.75 Å². The number of nitrogens with zero attached hydrogens (tertiary/aromatic N) is 2. The number of hydrogen-bond acceptors (Lipinski definition) is 4. The SMILES string of the molecule is Cc1ccncc1C(CN)N1CCOc2ccccc2C1. The van der Waals surface area contributed by atoms with Crippen LogP contribution in [0, 0.1) is 6.92 Å². The van der Waals surface area contributed by atoms with Gasteiger partial charge < -0.3 is 10.5 Å². The summed E-state index contributed by atoms with van der Waals surface area (Å²) in [6.07, 6.45) is 3.76. The maximum atomic E-state index is 6.07. The van der Waals surface area contributed by atoms with Gasteiger partial charge >= 0.3 is 0 Å². The average Bonchev–Trinajstić information content (AvgIpc) is 2.72. The van der Waals surface area contributed by atoms with Crippen LogP contribution in [0.5, 0.6) is 5.75 Å². The van der Waals surface area contributed by atoms with E-state index in [0.29, 0.717) is 13.2 Å². The van der Waals surface area contributed by atoms with E-state index in [4.69, 9.17) is 10.5 Å². The number of hydrogen-bond donors (Lipinski definition) is 1. The summed E-state index contributed by atoms with van der Waals surface area (Å²) in [7, 11) is 0. The molecule has 2 aromatic rings. The van der Waals surface area contributed by atoms with Gasteiger partial charge in [0.25, 0.3) is 0 Å². The lowest BCUT2D eigenvalue weighted by atomic mass is 10.0. The Balaban J connectivity index is 1.90. The minimum atomic E-state index is 0.174. The number of ether oxygens (including phenoxy) is 1. The van der Waals surface area contributed by atoms with E-state index in [1.54, 1.807) is 0 Å². The van der Waals surface area contributed by atoms with Crippen LogP contribution in [-0.4, -0.2) is 29.6 Å². The molecule has 0 bridgehead atoms. The number of rotatable bonds is 3. The fraction of sp³-hybridized carbons (Fsp3) is 0.353. The van der Waals surface area contributed by atoms with Gasteiger partial charge in [-0.2, -0.15) is 0 Å². The second kappa shape index (κ2) is 6.24. The van der Waals surface area contributed by atoms with Crippen molar-refractivity contribution in [3.05, 3.63) is 59.4 Å². The quantitative estimate of drug-likeness (QED) is 0.939. The van der Waals surface area contributed by atoms with Gasteiger partial charge in [0, 0.05) is 43.6 Å². The van der Waals surface area contributed by atoms with E-state index in [-0.39, 0.29) is 6.04 Å². The van der Waals surface area contributed by atoms with Gasteiger partial charge in [0.15, 0.2) is 0 Å². The molecule has 21 heavy (non-hydrogen) atoms. The van der Waals surface area contributed by atoms with Crippen LogP contribution in [-0.2, 0) is 6.54 Å². The Labute approximate surface area is 125 Å². The molecule has 0 amide bonds. The number of nitrogens with two attached hydrogens (primary N) is 1. The van der Waals surface area contributed by atoms with Crippen LogP contribution < -0.4 is 10.5 Å². The molecular weight excluding hydrogens is 262 g/mol. The van der Waals surface area contributed by atoms with E-state index < -0.39 is 0 Å². The maximum absolute atomic E-state index is 6.07. The lowest BCUT2D eigenvalue weighted by Gasteiger charge is -2.30. The smallest absolute Gasteiger partial charge is 0.123 e. The second-order valence-corrected chi connectivity index (χ2v) is 5.41. The zero-order valence-electron chi connectivity index (χ0n) is 12.3. The van der Waals surface area contributed by atoms with E-state index in [1.165, 1.54) is 16.7 Å². The number of pyridine rings is 1. The Kier molecular flexibility index (Phi) is 4.18. The van der Waals surface area contributed by atoms with Crippen molar-refractivity contribution in [2.45, 2.75) is 19.5 Å². The number of benzene rings is 1. The van der Waals surface area contributed by atoms with Crippen molar-refractivity contribution in [3.63, 3.8) is 0 Å². The first-order valence-corrected chi connectivity index (χ1v) is 7.35. The molecular formula is C17H21N3O. The minimum Gasteiger partial charge on any atom is -0.492 e. The third kappa shape index (κ3) is 2.91. The third-order valence-electron chi connectivity index (χ3n) is 4.08. The maximum Gasteiger partial charge on any atom is 0.123 e. The highest BCUT2D eigenvalue weighted by molar-refractivity contribution is 5.34. The molecule has 1 aromatic carbocycles. The standard InChI is InChI=1S/C17H21N3O/c1-13-6-7-19-11-15(13)16(10-18)20-8-9-21-17-5-3-2-4-14(17)12-20/h2-7,11,16H,8-10,12,18H2,1H3. The van der Waals surface area contributed by atoms with Crippen LogP contribution in [0.4, 0.5) is 0 Å². The molecule has 1 aromatic heterocycles. The lowest BCUT2D eigenvalue weighted by molar-refractivity contribution is 0.172. The Morgan fingerprint density at radius 2 is 2.19 bits per heavy atom. The van der Waals surface area contributed by atoms with Crippen LogP contribution in [0.1, 0.15) is 22.7 Å². The van der Waals surface area contributed by atoms with E-state index in [1.807, 2.05) is 30.6 Å². The monoisotopic (exact) mass is 283 g/mol. The topological polar surface area (TPSA) is 51.4 Å². The predicted octanol–water partition coefficient (Wildman–Crippen LogP) is 2.28. The summed E-state index contributed by atoms with van der Waals surface area (Å²) in [4.78, 5) is 6.65. The minimum absolute atomic E-state index is 0.174. The van der Waals surface area contributed by atoms with E-state index in [9.17, 15) is 0 Å². The van der Waals surface area contributed by atoms with Crippen LogP contribution in [0.15, 0.2) is 42.7 Å². The molecule has 4 nitrogen and oxygen atoms in total. The summed E-state index contributed by atoms with van der Waals surface area (Å²) in [5.41, 5.74) is 9.73. The summed E-state index contributed by atoms with van der Waals surface area (Å²) in [5, 5.41) is 0. The fourth-order valence-corrected chi connectivity index (χ4v) is 2.91. The molecule has 3 rings (SSSR count). The van der Waals surface area contributed by atoms with Crippen LogP contribution >= 0.6 is 0 Å². The average molecular weight is 283 g/mol. The van der Waals surface area contributed by atoms with Gasteiger partial charge in [-0.25, -0.2) is 0 Å². The van der Waals surface area contributed by atoms with Gasteiger partial charge in [0.2, 0.25) is 0 Å². The Morgan fingerprint density at radius 1 is 1.33 bits per heavy atom. The molecule has 2 N–H and O–H groups in total. The highest BCUT2D eigenvalue weighted by atomic mass is 16.5. The van der Waals surface area contributed by atoms with E-state index >= 15 is 0 Å². The first kappa shape index (κ1) is 14.0. The first-order chi connectivity index (χ1) is 10.3. The van der Waals surface area contributed by atoms with E-state index in [0.717, 1.165) is 18.8 Å². The molecule has 0 aliphatic carbocycles. The van der Waals surface area contributed by atoms with Crippen molar-refractivity contribution >= 4 is 0 Å². The molecule has 1 aliphatic rings. The number of para-hydroxylation sites is 1. The predicted molar refractivity (Wildman–Crippen MR) is 83.1 cm³/mol. The molecule has 2 heterocycles. The number of aryl methyl sites for hydroxylation is 1. The van der Waals surface area contributed by atoms with Crippen LogP contribution in [0.3, 0.4) is 0 Å². The molecule has 1 atom stereocenters. The van der Waals surface area contributed by atoms with Crippen LogP contribution in [0.25, 0.3) is 0 Å². The van der Waals surface area contributed by atoms with Gasteiger partial charge in [0.05, 0.1) is 0 Å². The molecule has 0 saturated carbocycles. The molecule has 1 unspecified atom stereocenters. The molecule has 4 heteroatoms. The summed E-state index contributed by atoms with van der Waals surface area (Å²) in [5.74, 6) is 0.985. The summed E-state index contributed by atoms with van der Waals surface area (Å²) in [6.45, 7) is 5.10. The van der Waals surface area contributed by atoms with Gasteiger partial charge in [-0.15, -0.1) is 0 Å². The molecule has 0 radical (unpaired) electrons. The van der Waals surface area contributed by atoms with Crippen molar-refractivity contribution in [1.82, 2.24) is 9.88 Å². The molecule has 1 aliphatic heterocycles. The number of fused-ring (bicyclic) bond motifs is 1.